The van der Waals surface area contributed by atoms with Crippen LogP contribution in [0.15, 0.2) is 174 Å². The zero-order valence-electron chi connectivity index (χ0n) is 28.9. The summed E-state index contributed by atoms with van der Waals surface area (Å²) in [5.41, 5.74) is 13.4. The van der Waals surface area contributed by atoms with Gasteiger partial charge in [-0.2, -0.15) is 0 Å². The summed E-state index contributed by atoms with van der Waals surface area (Å²) in [5.74, 6) is 0. The summed E-state index contributed by atoms with van der Waals surface area (Å²) in [7, 11) is 0. The molecule has 0 aliphatic rings. The van der Waals surface area contributed by atoms with Crippen LogP contribution in [0, 0.1) is 6.92 Å². The number of hydrogen-bond acceptors (Lipinski definition) is 1. The van der Waals surface area contributed by atoms with Gasteiger partial charge in [-0.25, -0.2) is 0 Å². The van der Waals surface area contributed by atoms with Crippen LogP contribution in [0.1, 0.15) is 5.56 Å². The minimum absolute atomic E-state index is 0.917. The van der Waals surface area contributed by atoms with Crippen molar-refractivity contribution < 1.29 is 4.42 Å². The summed E-state index contributed by atoms with van der Waals surface area (Å²) in [6.45, 7) is 2.17. The molecule has 0 saturated heterocycles. The summed E-state index contributed by atoms with van der Waals surface area (Å²) < 4.78 is 14.0. The Labute approximate surface area is 303 Å². The zero-order chi connectivity index (χ0) is 34.8. The summed E-state index contributed by atoms with van der Waals surface area (Å²) in [6, 6.07) is 61.6. The molecular formula is C49H31N3O. The third kappa shape index (κ3) is 3.84. The lowest BCUT2D eigenvalue weighted by atomic mass is 10.0. The van der Waals surface area contributed by atoms with E-state index in [0.717, 1.165) is 55.4 Å². The van der Waals surface area contributed by atoms with Crippen LogP contribution in [0.4, 0.5) is 0 Å². The maximum absolute atomic E-state index is 6.83. The van der Waals surface area contributed by atoms with Crippen molar-refractivity contribution in [1.82, 2.24) is 13.7 Å². The first kappa shape index (κ1) is 28.6. The van der Waals surface area contributed by atoms with E-state index < -0.39 is 0 Å². The third-order valence-corrected chi connectivity index (χ3v) is 11.3. The lowest BCUT2D eigenvalue weighted by Crippen LogP contribution is -1.99. The van der Waals surface area contributed by atoms with Crippen molar-refractivity contribution >= 4 is 87.4 Å². The number of para-hydroxylation sites is 4. The molecule has 0 aliphatic carbocycles. The Bertz CT molecular complexity index is 3370. The van der Waals surface area contributed by atoms with Gasteiger partial charge in [0.1, 0.15) is 11.2 Å². The van der Waals surface area contributed by atoms with Crippen LogP contribution >= 0.6 is 0 Å². The summed E-state index contributed by atoms with van der Waals surface area (Å²) >= 11 is 0. The van der Waals surface area contributed by atoms with Gasteiger partial charge in [-0.3, -0.25) is 0 Å². The van der Waals surface area contributed by atoms with E-state index in [-0.39, 0.29) is 0 Å². The molecule has 53 heavy (non-hydrogen) atoms. The van der Waals surface area contributed by atoms with E-state index >= 15 is 0 Å². The van der Waals surface area contributed by atoms with Gasteiger partial charge >= 0.3 is 0 Å². The average molecular weight is 678 g/mol. The number of rotatable bonds is 3. The van der Waals surface area contributed by atoms with Crippen molar-refractivity contribution in [1.29, 1.82) is 0 Å². The fourth-order valence-electron chi connectivity index (χ4n) is 9.14. The second-order valence-electron chi connectivity index (χ2n) is 14.2. The normalized spacial score (nSPS) is 12.2. The molecule has 0 atom stereocenters. The second kappa shape index (κ2) is 10.5. The Morgan fingerprint density at radius 2 is 0.811 bits per heavy atom. The molecule has 4 aromatic heterocycles. The Kier molecular flexibility index (Phi) is 5.67. The first-order valence-electron chi connectivity index (χ1n) is 18.2. The minimum atomic E-state index is 0.917. The van der Waals surface area contributed by atoms with Gasteiger partial charge < -0.3 is 18.1 Å². The summed E-state index contributed by atoms with van der Waals surface area (Å²) in [5, 5.41) is 9.62. The van der Waals surface area contributed by atoms with E-state index in [4.69, 9.17) is 4.42 Å². The highest BCUT2D eigenvalue weighted by Gasteiger charge is 2.22. The molecule has 0 amide bonds. The van der Waals surface area contributed by atoms with Crippen molar-refractivity contribution in [2.24, 2.45) is 0 Å². The van der Waals surface area contributed by atoms with Crippen LogP contribution in [-0.4, -0.2) is 13.7 Å². The highest BCUT2D eigenvalue weighted by molar-refractivity contribution is 6.24. The fourth-order valence-corrected chi connectivity index (χ4v) is 9.14. The maximum atomic E-state index is 6.83. The molecule has 12 rings (SSSR count). The lowest BCUT2D eigenvalue weighted by Gasteiger charge is -2.13. The fraction of sp³-hybridized carbons (Fsp3) is 0.0204. The van der Waals surface area contributed by atoms with Gasteiger partial charge in [0.15, 0.2) is 0 Å². The second-order valence-corrected chi connectivity index (χ2v) is 14.2. The van der Waals surface area contributed by atoms with Crippen LogP contribution in [0.5, 0.6) is 0 Å². The molecule has 0 bridgehead atoms. The molecule has 0 radical (unpaired) electrons. The molecule has 0 saturated carbocycles. The van der Waals surface area contributed by atoms with Gasteiger partial charge in [0, 0.05) is 54.8 Å². The average Bonchev–Trinajstić information content (AvgIpc) is 3.94. The largest absolute Gasteiger partial charge is 0.455 e. The lowest BCUT2D eigenvalue weighted by molar-refractivity contribution is 0.673. The number of nitrogens with zero attached hydrogens (tertiary/aromatic N) is 3. The molecule has 0 fully saturated rings. The SMILES string of the molecule is Cc1cccc2oc3c(ccc4c3c3cc(-n5c6ccccc6c6ccccc65)ccc3n4-c3cccc(-n4c5ccccc5c5ccccc54)c3)c12. The Hall–Kier alpha value is -7.04. The summed E-state index contributed by atoms with van der Waals surface area (Å²) in [4.78, 5) is 0. The van der Waals surface area contributed by atoms with Crippen molar-refractivity contribution in [3.05, 3.63) is 175 Å². The highest BCUT2D eigenvalue weighted by Crippen LogP contribution is 2.43. The molecule has 8 aromatic carbocycles. The predicted octanol–water partition coefficient (Wildman–Crippen LogP) is 13.2. The van der Waals surface area contributed by atoms with E-state index in [0.29, 0.717) is 0 Å². The van der Waals surface area contributed by atoms with Crippen LogP contribution in [0.2, 0.25) is 0 Å². The smallest absolute Gasteiger partial charge is 0.145 e. The van der Waals surface area contributed by atoms with Gasteiger partial charge in [-0.1, -0.05) is 91.0 Å². The number of hydrogen-bond donors (Lipinski definition) is 0. The number of aryl methyl sites for hydroxylation is 1. The molecule has 12 aromatic rings. The van der Waals surface area contributed by atoms with Gasteiger partial charge in [0.2, 0.25) is 0 Å². The van der Waals surface area contributed by atoms with Crippen molar-refractivity contribution in [2.45, 2.75) is 6.92 Å². The first-order chi connectivity index (χ1) is 26.2. The molecule has 0 N–H and O–H groups in total. The molecule has 4 heterocycles. The van der Waals surface area contributed by atoms with Crippen molar-refractivity contribution in [3.63, 3.8) is 0 Å². The number of furan rings is 1. The Morgan fingerprint density at radius 3 is 1.40 bits per heavy atom. The van der Waals surface area contributed by atoms with Gasteiger partial charge in [0.25, 0.3) is 0 Å². The molecule has 248 valence electrons. The molecule has 4 nitrogen and oxygen atoms in total. The van der Waals surface area contributed by atoms with E-state index in [2.05, 4.69) is 190 Å². The predicted molar refractivity (Wildman–Crippen MR) is 221 cm³/mol. The van der Waals surface area contributed by atoms with E-state index in [1.807, 2.05) is 0 Å². The van der Waals surface area contributed by atoms with Crippen LogP contribution in [-0.2, 0) is 0 Å². The maximum Gasteiger partial charge on any atom is 0.145 e. The third-order valence-electron chi connectivity index (χ3n) is 11.3. The van der Waals surface area contributed by atoms with Gasteiger partial charge in [-0.15, -0.1) is 0 Å². The van der Waals surface area contributed by atoms with Gasteiger partial charge in [0.05, 0.1) is 38.5 Å². The Morgan fingerprint density at radius 1 is 0.340 bits per heavy atom. The molecule has 0 unspecified atom stereocenters. The zero-order valence-corrected chi connectivity index (χ0v) is 28.9. The van der Waals surface area contributed by atoms with Gasteiger partial charge in [-0.05, 0) is 91.3 Å². The Balaban J connectivity index is 1.18. The van der Waals surface area contributed by atoms with E-state index in [1.54, 1.807) is 0 Å². The highest BCUT2D eigenvalue weighted by atomic mass is 16.3. The number of benzene rings is 8. The standard InChI is InChI=1S/C49H31N3O/c1-30-12-10-23-46-47(30)38-25-27-45-48(49(38)53-46)39-29-33(51-42-21-8-4-17-36(42)37-18-5-9-22-43(37)51)24-26-44(39)52(45)32-14-11-13-31(28-32)50-40-19-6-2-15-34(40)35-16-3-7-20-41(35)50/h2-29H,1H3. The van der Waals surface area contributed by atoms with Crippen LogP contribution in [0.3, 0.4) is 0 Å². The van der Waals surface area contributed by atoms with Crippen LogP contribution in [0.25, 0.3) is 104 Å². The van der Waals surface area contributed by atoms with E-state index in [1.165, 1.54) is 54.6 Å². The van der Waals surface area contributed by atoms with Crippen molar-refractivity contribution in [3.8, 4) is 17.1 Å². The van der Waals surface area contributed by atoms with Crippen LogP contribution < -0.4 is 0 Å². The number of aromatic nitrogens is 3. The minimum Gasteiger partial charge on any atom is -0.455 e. The topological polar surface area (TPSA) is 27.9 Å². The first-order valence-corrected chi connectivity index (χ1v) is 18.2. The number of fused-ring (bicyclic) bond motifs is 13. The van der Waals surface area contributed by atoms with E-state index in [9.17, 15) is 0 Å². The summed E-state index contributed by atoms with van der Waals surface area (Å²) in [6.07, 6.45) is 0. The molecule has 4 heteroatoms. The molecular weight excluding hydrogens is 647 g/mol. The monoisotopic (exact) mass is 677 g/mol. The molecule has 0 aliphatic heterocycles. The molecule has 0 spiro atoms. The van der Waals surface area contributed by atoms with Crippen molar-refractivity contribution in [2.75, 3.05) is 0 Å². The quantitative estimate of drug-likeness (QED) is 0.183.